The molecule has 0 aliphatic carbocycles. The van der Waals surface area contributed by atoms with Crippen molar-refractivity contribution in [3.63, 3.8) is 0 Å². The number of furan rings is 1. The second kappa shape index (κ2) is 3.80. The van der Waals surface area contributed by atoms with Crippen molar-refractivity contribution in [3.05, 3.63) is 59.1 Å². The molecular formula is C14H9BrO. The van der Waals surface area contributed by atoms with E-state index in [0.29, 0.717) is 11.1 Å². The number of halogens is 1. The molecule has 0 saturated heterocycles. The molecule has 0 atom stereocenters. The van der Waals surface area contributed by atoms with Gasteiger partial charge >= 0.3 is 0 Å². The molecule has 0 saturated carbocycles. The summed E-state index contributed by atoms with van der Waals surface area (Å²) in [4.78, 5) is 0. The maximum absolute atomic E-state index is 7.99. The van der Waals surface area contributed by atoms with Crippen molar-refractivity contribution in [2.24, 2.45) is 0 Å². The zero-order chi connectivity index (χ0) is 15.3. The summed E-state index contributed by atoms with van der Waals surface area (Å²) in [6.07, 6.45) is 1.55. The molecule has 2 aromatic carbocycles. The number of fused-ring (bicyclic) bond motifs is 1. The zero-order valence-electron chi connectivity index (χ0n) is 13.1. The lowest BCUT2D eigenvalue weighted by molar-refractivity contribution is 0.614. The van der Waals surface area contributed by atoms with Gasteiger partial charge in [0.05, 0.1) is 11.3 Å². The molecule has 0 aliphatic heterocycles. The molecular weight excluding hydrogens is 264 g/mol. The Kier molecular flexibility index (Phi) is 1.35. The maximum Gasteiger partial charge on any atom is 0.135 e. The standard InChI is InChI=1S/C14H9BrO/c15-13-9-16-14-7-6-11(8-12(13)14)10-4-2-1-3-5-10/h1-9H/i1D,2D,3D,4D,5D. The third-order valence-electron chi connectivity index (χ3n) is 2.31. The molecule has 3 rings (SSSR count). The Hall–Kier alpha value is -1.54. The van der Waals surface area contributed by atoms with E-state index >= 15 is 0 Å². The van der Waals surface area contributed by atoms with Crippen LogP contribution in [0.15, 0.2) is 63.6 Å². The molecule has 1 heterocycles. The summed E-state index contributed by atoms with van der Waals surface area (Å²) in [6.45, 7) is 0. The smallest absolute Gasteiger partial charge is 0.135 e. The minimum absolute atomic E-state index is 0.191. The Balaban J connectivity index is 2.34. The SMILES string of the molecule is [2H]c1c([2H])c([2H])c(-c2ccc3occ(Br)c3c2)c([2H])c1[2H]. The highest BCUT2D eigenvalue weighted by Crippen LogP contribution is 2.30. The van der Waals surface area contributed by atoms with Crippen LogP contribution < -0.4 is 0 Å². The van der Waals surface area contributed by atoms with Crippen LogP contribution >= 0.6 is 15.9 Å². The summed E-state index contributed by atoms with van der Waals surface area (Å²) in [5.41, 5.74) is 1.41. The van der Waals surface area contributed by atoms with Gasteiger partial charge in [0.15, 0.2) is 0 Å². The highest BCUT2D eigenvalue weighted by atomic mass is 79.9. The summed E-state index contributed by atoms with van der Waals surface area (Å²) < 4.78 is 45.1. The van der Waals surface area contributed by atoms with Gasteiger partial charge in [-0.25, -0.2) is 0 Å². The minimum atomic E-state index is -0.390. The van der Waals surface area contributed by atoms with Gasteiger partial charge in [0.25, 0.3) is 0 Å². The fourth-order valence-corrected chi connectivity index (χ4v) is 1.95. The molecule has 0 bridgehead atoms. The number of benzene rings is 2. The van der Waals surface area contributed by atoms with E-state index < -0.39 is 0 Å². The van der Waals surface area contributed by atoms with E-state index in [1.54, 1.807) is 24.5 Å². The van der Waals surface area contributed by atoms with Crippen molar-refractivity contribution in [2.45, 2.75) is 0 Å². The second-order valence-electron chi connectivity index (χ2n) is 3.29. The average molecular weight is 278 g/mol. The Morgan fingerprint density at radius 2 is 1.88 bits per heavy atom. The van der Waals surface area contributed by atoms with Crippen LogP contribution in [0.4, 0.5) is 0 Å². The molecule has 0 amide bonds. The van der Waals surface area contributed by atoms with Crippen molar-refractivity contribution < 1.29 is 11.3 Å². The summed E-state index contributed by atoms with van der Waals surface area (Å²) in [5, 5.41) is 0.791. The third kappa shape index (κ3) is 1.55. The van der Waals surface area contributed by atoms with Crippen molar-refractivity contribution in [3.8, 4) is 11.1 Å². The van der Waals surface area contributed by atoms with E-state index in [0.717, 1.165) is 9.86 Å². The van der Waals surface area contributed by atoms with Crippen LogP contribution in [0, 0.1) is 0 Å². The van der Waals surface area contributed by atoms with E-state index in [1.165, 1.54) is 0 Å². The summed E-state index contributed by atoms with van der Waals surface area (Å²) >= 11 is 3.36. The maximum atomic E-state index is 7.99. The Labute approximate surface area is 109 Å². The van der Waals surface area contributed by atoms with Gasteiger partial charge in [-0.3, -0.25) is 0 Å². The highest BCUT2D eigenvalue weighted by Gasteiger charge is 2.04. The lowest BCUT2D eigenvalue weighted by atomic mass is 10.0. The van der Waals surface area contributed by atoms with Gasteiger partial charge in [-0.05, 0) is 39.2 Å². The van der Waals surface area contributed by atoms with Gasteiger partial charge in [-0.15, -0.1) is 0 Å². The lowest BCUT2D eigenvalue weighted by Gasteiger charge is -2.00. The molecule has 0 radical (unpaired) electrons. The quantitative estimate of drug-likeness (QED) is 0.619. The van der Waals surface area contributed by atoms with Crippen LogP contribution in [-0.4, -0.2) is 0 Å². The molecule has 0 spiro atoms. The fraction of sp³-hybridized carbons (Fsp3) is 0. The lowest BCUT2D eigenvalue weighted by Crippen LogP contribution is -1.76. The van der Waals surface area contributed by atoms with Gasteiger partial charge in [0, 0.05) is 5.39 Å². The molecule has 0 aliphatic rings. The largest absolute Gasteiger partial charge is 0.463 e. The minimum Gasteiger partial charge on any atom is -0.463 e. The van der Waals surface area contributed by atoms with Gasteiger partial charge in [0.1, 0.15) is 11.8 Å². The highest BCUT2D eigenvalue weighted by molar-refractivity contribution is 9.10. The topological polar surface area (TPSA) is 13.1 Å². The molecule has 0 N–H and O–H groups in total. The molecule has 0 fully saturated rings. The van der Waals surface area contributed by atoms with Crippen LogP contribution in [0.2, 0.25) is 0 Å². The van der Waals surface area contributed by atoms with Gasteiger partial charge < -0.3 is 4.42 Å². The molecule has 0 unspecified atom stereocenters. The molecule has 2 heteroatoms. The zero-order valence-corrected chi connectivity index (χ0v) is 9.68. The molecule has 3 aromatic rings. The molecule has 78 valence electrons. The molecule has 1 nitrogen and oxygen atoms in total. The number of hydrogen-bond acceptors (Lipinski definition) is 1. The van der Waals surface area contributed by atoms with Gasteiger partial charge in [-0.1, -0.05) is 36.3 Å². The van der Waals surface area contributed by atoms with E-state index in [1.807, 2.05) is 0 Å². The average Bonchev–Trinajstić information content (AvgIpc) is 2.85. The third-order valence-corrected chi connectivity index (χ3v) is 2.93. The molecule has 1 aromatic heterocycles. The summed E-state index contributed by atoms with van der Waals surface area (Å²) in [6, 6.07) is 3.67. The first-order valence-corrected chi connectivity index (χ1v) is 5.45. The van der Waals surface area contributed by atoms with Crippen LogP contribution in [-0.2, 0) is 0 Å². The number of rotatable bonds is 1. The van der Waals surface area contributed by atoms with Crippen molar-refractivity contribution in [1.29, 1.82) is 0 Å². The van der Waals surface area contributed by atoms with Crippen molar-refractivity contribution in [1.82, 2.24) is 0 Å². The summed E-state index contributed by atoms with van der Waals surface area (Å²) in [7, 11) is 0. The van der Waals surface area contributed by atoms with Crippen LogP contribution in [0.25, 0.3) is 22.1 Å². The number of hydrogen-bond donors (Lipinski definition) is 0. The Morgan fingerprint density at radius 1 is 1.06 bits per heavy atom. The predicted molar refractivity (Wildman–Crippen MR) is 69.4 cm³/mol. The molecule has 16 heavy (non-hydrogen) atoms. The van der Waals surface area contributed by atoms with Crippen LogP contribution in [0.3, 0.4) is 0 Å². The van der Waals surface area contributed by atoms with Crippen LogP contribution in [0.1, 0.15) is 6.85 Å². The normalized spacial score (nSPS) is 15.2. The predicted octanol–water partition coefficient (Wildman–Crippen LogP) is 4.86. The summed E-state index contributed by atoms with van der Waals surface area (Å²) in [5.74, 6) is 0. The first-order valence-electron chi connectivity index (χ1n) is 7.16. The fourth-order valence-electron chi connectivity index (χ4n) is 1.55. The van der Waals surface area contributed by atoms with E-state index in [9.17, 15) is 0 Å². The monoisotopic (exact) mass is 277 g/mol. The van der Waals surface area contributed by atoms with Gasteiger partial charge in [0.2, 0.25) is 0 Å². The first kappa shape index (κ1) is 5.69. The van der Waals surface area contributed by atoms with Crippen molar-refractivity contribution >= 4 is 26.9 Å². The second-order valence-corrected chi connectivity index (χ2v) is 4.15. The van der Waals surface area contributed by atoms with E-state index in [-0.39, 0.29) is 35.8 Å². The van der Waals surface area contributed by atoms with E-state index in [2.05, 4.69) is 15.9 Å². The van der Waals surface area contributed by atoms with Crippen LogP contribution in [0.5, 0.6) is 0 Å². The Bertz CT molecular complexity index is 842. The van der Waals surface area contributed by atoms with Crippen molar-refractivity contribution in [2.75, 3.05) is 0 Å². The van der Waals surface area contributed by atoms with Gasteiger partial charge in [-0.2, -0.15) is 0 Å². The van der Waals surface area contributed by atoms with E-state index in [4.69, 9.17) is 11.3 Å². The first-order chi connectivity index (χ1) is 9.91. The Morgan fingerprint density at radius 3 is 2.69 bits per heavy atom.